The number of rotatable bonds is 9. The van der Waals surface area contributed by atoms with E-state index in [4.69, 9.17) is 25.6 Å². The van der Waals surface area contributed by atoms with Crippen LogP contribution in [0.1, 0.15) is 42.2 Å². The molecule has 0 aliphatic carbocycles. The number of halogens is 1. The first kappa shape index (κ1) is 23.1. The molecule has 2 heterocycles. The third-order valence-corrected chi connectivity index (χ3v) is 6.41. The minimum atomic E-state index is -0.114. The Kier molecular flexibility index (Phi) is 7.20. The number of thioether (sulfide) groups is 1. The Morgan fingerprint density at radius 1 is 1.12 bits per heavy atom. The monoisotopic (exact) mass is 485 g/mol. The summed E-state index contributed by atoms with van der Waals surface area (Å²) in [5, 5.41) is 14.0. The third kappa shape index (κ3) is 5.31. The molecule has 0 aliphatic rings. The molecule has 0 unspecified atom stereocenters. The van der Waals surface area contributed by atoms with E-state index in [1.54, 1.807) is 7.11 Å². The van der Waals surface area contributed by atoms with Crippen molar-refractivity contribution in [3.63, 3.8) is 0 Å². The van der Waals surface area contributed by atoms with Gasteiger partial charge in [-0.1, -0.05) is 41.5 Å². The van der Waals surface area contributed by atoms with E-state index in [9.17, 15) is 0 Å². The Morgan fingerprint density at radius 3 is 2.55 bits per heavy atom. The van der Waals surface area contributed by atoms with Gasteiger partial charge in [0.2, 0.25) is 5.89 Å². The highest BCUT2D eigenvalue weighted by molar-refractivity contribution is 7.99. The fourth-order valence-corrected chi connectivity index (χ4v) is 4.15. The minimum absolute atomic E-state index is 0.114. The predicted octanol–water partition coefficient (Wildman–Crippen LogP) is 5.62. The Morgan fingerprint density at radius 2 is 1.88 bits per heavy atom. The van der Waals surface area contributed by atoms with E-state index in [1.807, 2.05) is 67.8 Å². The molecule has 0 radical (unpaired) electrons. The van der Waals surface area contributed by atoms with Gasteiger partial charge < -0.3 is 14.0 Å². The lowest BCUT2D eigenvalue weighted by Gasteiger charge is -2.13. The Bertz CT molecular complexity index is 1230. The summed E-state index contributed by atoms with van der Waals surface area (Å²) in [4.78, 5) is 4.44. The highest BCUT2D eigenvalue weighted by Gasteiger charge is 2.22. The molecule has 0 aliphatic heterocycles. The first-order valence-electron chi connectivity index (χ1n) is 10.4. The van der Waals surface area contributed by atoms with Gasteiger partial charge in [0.15, 0.2) is 16.8 Å². The summed E-state index contributed by atoms with van der Waals surface area (Å²) >= 11 is 7.90. The maximum atomic E-state index is 6.42. The van der Waals surface area contributed by atoms with Gasteiger partial charge in [-0.05, 0) is 55.8 Å². The van der Waals surface area contributed by atoms with E-state index in [0.29, 0.717) is 39.9 Å². The molecule has 0 saturated heterocycles. The fraction of sp³-hybridized carbons (Fsp3) is 0.304. The maximum absolute atomic E-state index is 6.42. The molecular weight excluding hydrogens is 462 g/mol. The van der Waals surface area contributed by atoms with Gasteiger partial charge in [-0.2, -0.15) is 4.98 Å². The zero-order valence-electron chi connectivity index (χ0n) is 18.8. The van der Waals surface area contributed by atoms with Crippen LogP contribution in [0.5, 0.6) is 11.5 Å². The van der Waals surface area contributed by atoms with Gasteiger partial charge in [-0.3, -0.25) is 4.57 Å². The van der Waals surface area contributed by atoms with Crippen molar-refractivity contribution in [2.45, 2.75) is 44.2 Å². The summed E-state index contributed by atoms with van der Waals surface area (Å²) in [6, 6.07) is 13.2. The number of nitrogens with zero attached hydrogens (tertiary/aromatic N) is 5. The molecular formula is C23H24ClN5O3S. The molecule has 0 bridgehead atoms. The molecule has 0 N–H and O–H groups in total. The Labute approximate surface area is 201 Å². The fourth-order valence-electron chi connectivity index (χ4n) is 3.05. The topological polar surface area (TPSA) is 88.1 Å². The van der Waals surface area contributed by atoms with Crippen LogP contribution in [-0.2, 0) is 13.0 Å². The van der Waals surface area contributed by atoms with Crippen LogP contribution < -0.4 is 9.47 Å². The zero-order valence-corrected chi connectivity index (χ0v) is 20.4. The third-order valence-electron chi connectivity index (χ3n) is 4.97. The molecule has 2 aromatic heterocycles. The first-order valence-corrected chi connectivity index (χ1v) is 11.7. The van der Waals surface area contributed by atoms with Crippen LogP contribution in [-0.4, -0.2) is 32.0 Å². The molecule has 4 rings (SSSR count). The van der Waals surface area contributed by atoms with Crippen LogP contribution in [0.25, 0.3) is 5.69 Å². The lowest BCUT2D eigenvalue weighted by atomic mass is 10.2. The highest BCUT2D eigenvalue weighted by atomic mass is 35.5. The molecule has 8 nitrogen and oxygen atoms in total. The SMILES string of the molecule is CCc1noc([C@H](C)Sc2nnc(COc3ccc(OC)cc3)n2-c2ccc(C)c(Cl)c2)n1. The summed E-state index contributed by atoms with van der Waals surface area (Å²) < 4.78 is 18.5. The molecule has 172 valence electrons. The van der Waals surface area contributed by atoms with Crippen LogP contribution in [0.15, 0.2) is 52.1 Å². The van der Waals surface area contributed by atoms with Gasteiger partial charge in [0.25, 0.3) is 0 Å². The summed E-state index contributed by atoms with van der Waals surface area (Å²) in [5.74, 6) is 3.33. The van der Waals surface area contributed by atoms with Gasteiger partial charge in [0.1, 0.15) is 18.1 Å². The average Bonchev–Trinajstić information content (AvgIpc) is 3.47. The first-order chi connectivity index (χ1) is 16.0. The predicted molar refractivity (Wildman–Crippen MR) is 126 cm³/mol. The number of benzene rings is 2. The van der Waals surface area contributed by atoms with E-state index < -0.39 is 0 Å². The second-order valence-electron chi connectivity index (χ2n) is 7.29. The number of methoxy groups -OCH3 is 1. The van der Waals surface area contributed by atoms with E-state index in [2.05, 4.69) is 20.3 Å². The van der Waals surface area contributed by atoms with Crippen molar-refractivity contribution in [1.29, 1.82) is 0 Å². The maximum Gasteiger partial charge on any atom is 0.239 e. The molecule has 2 aromatic carbocycles. The van der Waals surface area contributed by atoms with Gasteiger partial charge in [-0.15, -0.1) is 10.2 Å². The molecule has 10 heteroatoms. The van der Waals surface area contributed by atoms with Gasteiger partial charge in [0.05, 0.1) is 18.0 Å². The minimum Gasteiger partial charge on any atom is -0.497 e. The van der Waals surface area contributed by atoms with Crippen LogP contribution in [0.4, 0.5) is 0 Å². The summed E-state index contributed by atoms with van der Waals surface area (Å²) in [6.07, 6.45) is 0.714. The second-order valence-corrected chi connectivity index (χ2v) is 9.01. The number of aromatic nitrogens is 5. The van der Waals surface area contributed by atoms with E-state index in [0.717, 1.165) is 17.0 Å². The van der Waals surface area contributed by atoms with E-state index in [-0.39, 0.29) is 11.9 Å². The smallest absolute Gasteiger partial charge is 0.239 e. The van der Waals surface area contributed by atoms with Crippen molar-refractivity contribution in [2.75, 3.05) is 7.11 Å². The number of hydrogen-bond acceptors (Lipinski definition) is 8. The van der Waals surface area contributed by atoms with Crippen molar-refractivity contribution in [1.82, 2.24) is 24.9 Å². The second kappa shape index (κ2) is 10.3. The Balaban J connectivity index is 1.62. The van der Waals surface area contributed by atoms with E-state index >= 15 is 0 Å². The average molecular weight is 486 g/mol. The molecule has 1 atom stereocenters. The molecule has 0 saturated carbocycles. The standard InChI is InChI=1S/C23H24ClN5O3S/c1-5-20-25-22(32-28-20)15(3)33-23-27-26-21(13-31-18-10-8-17(30-4)9-11-18)29(23)16-7-6-14(2)19(24)12-16/h6-12,15H,5,13H2,1-4H3/t15-/m0/s1. The molecule has 0 spiro atoms. The summed E-state index contributed by atoms with van der Waals surface area (Å²) in [5.41, 5.74) is 1.84. The van der Waals surface area contributed by atoms with Crippen molar-refractivity contribution in [2.24, 2.45) is 0 Å². The molecule has 0 amide bonds. The number of hydrogen-bond donors (Lipinski definition) is 0. The van der Waals surface area contributed by atoms with Crippen molar-refractivity contribution < 1.29 is 14.0 Å². The molecule has 0 fully saturated rings. The van der Waals surface area contributed by atoms with Gasteiger partial charge >= 0.3 is 0 Å². The summed E-state index contributed by atoms with van der Waals surface area (Å²) in [6.45, 7) is 6.16. The normalized spacial score (nSPS) is 12.0. The van der Waals surface area contributed by atoms with Crippen molar-refractivity contribution in [3.05, 3.63) is 70.6 Å². The van der Waals surface area contributed by atoms with Crippen molar-refractivity contribution >= 4 is 23.4 Å². The Hall–Kier alpha value is -3.04. The molecule has 4 aromatic rings. The zero-order chi connectivity index (χ0) is 23.4. The van der Waals surface area contributed by atoms with Crippen LogP contribution in [0.3, 0.4) is 0 Å². The van der Waals surface area contributed by atoms with Crippen LogP contribution in [0.2, 0.25) is 5.02 Å². The van der Waals surface area contributed by atoms with Gasteiger partial charge in [0, 0.05) is 11.4 Å². The lowest BCUT2D eigenvalue weighted by molar-refractivity contribution is 0.292. The highest BCUT2D eigenvalue weighted by Crippen LogP contribution is 2.35. The lowest BCUT2D eigenvalue weighted by Crippen LogP contribution is -2.07. The quantitative estimate of drug-likeness (QED) is 0.282. The summed E-state index contributed by atoms with van der Waals surface area (Å²) in [7, 11) is 1.63. The molecule has 33 heavy (non-hydrogen) atoms. The van der Waals surface area contributed by atoms with Crippen LogP contribution >= 0.6 is 23.4 Å². The number of ether oxygens (including phenoxy) is 2. The number of aryl methyl sites for hydroxylation is 2. The van der Waals surface area contributed by atoms with Crippen LogP contribution in [0, 0.1) is 6.92 Å². The van der Waals surface area contributed by atoms with Gasteiger partial charge in [-0.25, -0.2) is 0 Å². The van der Waals surface area contributed by atoms with Crippen molar-refractivity contribution in [3.8, 4) is 17.2 Å². The van der Waals surface area contributed by atoms with E-state index in [1.165, 1.54) is 11.8 Å². The largest absolute Gasteiger partial charge is 0.497 e.